The van der Waals surface area contributed by atoms with E-state index in [1.165, 1.54) is 5.56 Å². The van der Waals surface area contributed by atoms with Crippen LogP contribution in [0.2, 0.25) is 0 Å². The van der Waals surface area contributed by atoms with Gasteiger partial charge in [0.1, 0.15) is 0 Å². The lowest BCUT2D eigenvalue weighted by Gasteiger charge is -2.20. The van der Waals surface area contributed by atoms with Crippen LogP contribution in [0.3, 0.4) is 0 Å². The first-order valence-corrected chi connectivity index (χ1v) is 6.45. The van der Waals surface area contributed by atoms with Crippen molar-refractivity contribution >= 4 is 0 Å². The van der Waals surface area contributed by atoms with E-state index in [9.17, 15) is 0 Å². The molecule has 0 saturated carbocycles. The van der Waals surface area contributed by atoms with Gasteiger partial charge in [-0.1, -0.05) is 6.07 Å². The van der Waals surface area contributed by atoms with Crippen molar-refractivity contribution in [2.45, 2.75) is 19.0 Å². The first-order chi connectivity index (χ1) is 9.52. The van der Waals surface area contributed by atoms with Gasteiger partial charge >= 0.3 is 0 Å². The molecule has 0 bridgehead atoms. The van der Waals surface area contributed by atoms with Gasteiger partial charge in [-0.3, -0.25) is 4.98 Å². The molecule has 0 unspecified atom stereocenters. The van der Waals surface area contributed by atoms with Crippen LogP contribution in [0.25, 0.3) is 0 Å². The van der Waals surface area contributed by atoms with Gasteiger partial charge in [-0.05, 0) is 18.6 Å². The van der Waals surface area contributed by atoms with Crippen molar-refractivity contribution < 1.29 is 15.3 Å². The van der Waals surface area contributed by atoms with Crippen molar-refractivity contribution in [1.29, 1.82) is 0 Å². The molecule has 7 nitrogen and oxygen atoms in total. The lowest BCUT2D eigenvalue weighted by Crippen LogP contribution is -2.50. The van der Waals surface area contributed by atoms with E-state index in [1.54, 1.807) is 0 Å². The Morgan fingerprint density at radius 1 is 1.25 bits per heavy atom. The highest BCUT2D eigenvalue weighted by molar-refractivity contribution is 5.17. The minimum absolute atomic E-state index is 0.403. The minimum atomic E-state index is -1.21. The molecular weight excluding hydrogens is 260 g/mol. The Kier molecular flexibility index (Phi) is 10.1. The second-order valence-electron chi connectivity index (χ2n) is 4.57. The van der Waals surface area contributed by atoms with Crippen LogP contribution in [-0.2, 0) is 6.54 Å². The van der Waals surface area contributed by atoms with E-state index in [0.717, 1.165) is 18.8 Å². The van der Waals surface area contributed by atoms with Gasteiger partial charge in [0, 0.05) is 25.8 Å². The molecule has 0 fully saturated rings. The van der Waals surface area contributed by atoms with E-state index in [1.807, 2.05) is 12.3 Å². The molecule has 0 aromatic carbocycles. The van der Waals surface area contributed by atoms with Gasteiger partial charge in [0.15, 0.2) is 0 Å². The fourth-order valence-electron chi connectivity index (χ4n) is 1.16. The summed E-state index contributed by atoms with van der Waals surface area (Å²) < 4.78 is 0. The summed E-state index contributed by atoms with van der Waals surface area (Å²) in [5.74, 6) is 0. The van der Waals surface area contributed by atoms with Gasteiger partial charge in [0.2, 0.25) is 0 Å². The Hall–Kier alpha value is -1.09. The van der Waals surface area contributed by atoms with Crippen molar-refractivity contribution in [3.63, 3.8) is 0 Å². The number of rotatable bonds is 7. The fraction of sp³-hybridized carbons (Fsp3) is 0.615. The molecule has 0 saturated heterocycles. The van der Waals surface area contributed by atoms with Crippen LogP contribution >= 0.6 is 0 Å². The number of aromatic nitrogens is 1. The summed E-state index contributed by atoms with van der Waals surface area (Å²) in [5.41, 5.74) is 11.6. The first kappa shape index (κ1) is 18.9. The van der Waals surface area contributed by atoms with Crippen LogP contribution in [0.1, 0.15) is 11.3 Å². The van der Waals surface area contributed by atoms with Gasteiger partial charge < -0.3 is 32.1 Å². The third-order valence-corrected chi connectivity index (χ3v) is 2.68. The van der Waals surface area contributed by atoms with Crippen molar-refractivity contribution in [2.24, 2.45) is 11.5 Å². The molecule has 0 atom stereocenters. The third kappa shape index (κ3) is 7.49. The molecule has 0 spiro atoms. The molecule has 116 valence electrons. The Bertz CT molecular complexity index is 351. The normalized spacial score (nSPS) is 10.9. The molecular formula is C13H26N4O3. The highest BCUT2D eigenvalue weighted by Gasteiger charge is 2.20. The van der Waals surface area contributed by atoms with E-state index in [0.29, 0.717) is 6.54 Å². The van der Waals surface area contributed by atoms with Crippen LogP contribution in [0.15, 0.2) is 18.3 Å². The lowest BCUT2D eigenvalue weighted by molar-refractivity contribution is 0.0698. The van der Waals surface area contributed by atoms with E-state index in [2.05, 4.69) is 23.3 Å². The van der Waals surface area contributed by atoms with Crippen molar-refractivity contribution in [1.82, 2.24) is 10.3 Å². The zero-order valence-corrected chi connectivity index (χ0v) is 11.9. The minimum Gasteiger partial charge on any atom is -0.394 e. The molecule has 1 rings (SSSR count). The summed E-state index contributed by atoms with van der Waals surface area (Å²) in [7, 11) is 0. The van der Waals surface area contributed by atoms with Gasteiger partial charge in [0.05, 0.1) is 31.1 Å². The summed E-state index contributed by atoms with van der Waals surface area (Å²) in [5, 5.41) is 28.2. The van der Waals surface area contributed by atoms with E-state index in [4.69, 9.17) is 26.8 Å². The summed E-state index contributed by atoms with van der Waals surface area (Å²) in [6.07, 6.45) is 1.81. The Balaban J connectivity index is 0.000000396. The van der Waals surface area contributed by atoms with Gasteiger partial charge in [-0.2, -0.15) is 0 Å². The lowest BCUT2D eigenvalue weighted by atomic mass is 10.1. The molecule has 0 radical (unpaired) electrons. The average Bonchev–Trinajstić information content (AvgIpc) is 2.49. The number of hydrogen-bond acceptors (Lipinski definition) is 7. The van der Waals surface area contributed by atoms with Gasteiger partial charge in [0.25, 0.3) is 0 Å². The third-order valence-electron chi connectivity index (χ3n) is 2.68. The van der Waals surface area contributed by atoms with Gasteiger partial charge in [-0.25, -0.2) is 0 Å². The summed E-state index contributed by atoms with van der Waals surface area (Å²) in [6, 6.07) is 4.01. The second kappa shape index (κ2) is 10.7. The number of aliphatic hydroxyl groups is 3. The molecule has 1 heterocycles. The Labute approximate surface area is 119 Å². The zero-order valence-electron chi connectivity index (χ0n) is 11.9. The Morgan fingerprint density at radius 3 is 2.25 bits per heavy atom. The molecule has 1 aromatic rings. The standard InChI is InChI=1S/C9H15N3.C4H11NO3/c1-8-3-2-5-12-9(8)7-11-6-4-10;5-4(1-6,2-7)3-8/h2-3,5,11H,4,6-7,10H2,1H3;6-8H,1-3,5H2. The van der Waals surface area contributed by atoms with Crippen LogP contribution in [0.5, 0.6) is 0 Å². The van der Waals surface area contributed by atoms with Crippen molar-refractivity contribution in [2.75, 3.05) is 32.9 Å². The topological polar surface area (TPSA) is 138 Å². The molecule has 20 heavy (non-hydrogen) atoms. The number of aliphatic hydroxyl groups excluding tert-OH is 3. The Morgan fingerprint density at radius 2 is 1.85 bits per heavy atom. The molecule has 0 amide bonds. The first-order valence-electron chi connectivity index (χ1n) is 6.45. The highest BCUT2D eigenvalue weighted by atomic mass is 16.3. The molecule has 0 aliphatic heterocycles. The molecule has 0 aliphatic rings. The van der Waals surface area contributed by atoms with Crippen LogP contribution in [0.4, 0.5) is 0 Å². The summed E-state index contributed by atoms with van der Waals surface area (Å²) >= 11 is 0. The SMILES string of the molecule is Cc1cccnc1CNCCN.NC(CO)(CO)CO. The van der Waals surface area contributed by atoms with Crippen LogP contribution < -0.4 is 16.8 Å². The number of nitrogens with zero attached hydrogens (tertiary/aromatic N) is 1. The number of nitrogens with one attached hydrogen (secondary N) is 1. The summed E-state index contributed by atoms with van der Waals surface area (Å²) in [6.45, 7) is 3.18. The van der Waals surface area contributed by atoms with E-state index in [-0.39, 0.29) is 0 Å². The number of aryl methyl sites for hydroxylation is 1. The predicted octanol–water partition coefficient (Wildman–Crippen LogP) is -1.90. The largest absolute Gasteiger partial charge is 0.394 e. The van der Waals surface area contributed by atoms with E-state index < -0.39 is 25.4 Å². The monoisotopic (exact) mass is 286 g/mol. The van der Waals surface area contributed by atoms with E-state index >= 15 is 0 Å². The summed E-state index contributed by atoms with van der Waals surface area (Å²) in [4.78, 5) is 4.25. The van der Waals surface area contributed by atoms with Crippen LogP contribution in [-0.4, -0.2) is 58.8 Å². The smallest absolute Gasteiger partial charge is 0.0856 e. The highest BCUT2D eigenvalue weighted by Crippen LogP contribution is 2.01. The molecule has 1 aromatic heterocycles. The van der Waals surface area contributed by atoms with Crippen molar-refractivity contribution in [3.05, 3.63) is 29.6 Å². The second-order valence-corrected chi connectivity index (χ2v) is 4.57. The van der Waals surface area contributed by atoms with Crippen molar-refractivity contribution in [3.8, 4) is 0 Å². The number of pyridine rings is 1. The fourth-order valence-corrected chi connectivity index (χ4v) is 1.16. The van der Waals surface area contributed by atoms with Crippen LogP contribution in [0, 0.1) is 6.92 Å². The zero-order chi connectivity index (χ0) is 15.4. The molecule has 8 N–H and O–H groups in total. The van der Waals surface area contributed by atoms with Gasteiger partial charge in [-0.15, -0.1) is 0 Å². The average molecular weight is 286 g/mol. The maximum atomic E-state index is 8.34. The number of hydrogen-bond donors (Lipinski definition) is 6. The maximum Gasteiger partial charge on any atom is 0.0856 e. The maximum absolute atomic E-state index is 8.34. The molecule has 7 heteroatoms. The number of nitrogens with two attached hydrogens (primary N) is 2. The molecule has 0 aliphatic carbocycles. The quantitative estimate of drug-likeness (QED) is 0.322. The predicted molar refractivity (Wildman–Crippen MR) is 77.9 cm³/mol.